The van der Waals surface area contributed by atoms with E-state index in [2.05, 4.69) is 0 Å². The summed E-state index contributed by atoms with van der Waals surface area (Å²) in [5.74, 6) is 0. The van der Waals surface area contributed by atoms with Gasteiger partial charge in [0.2, 0.25) is 0 Å². The predicted molar refractivity (Wildman–Crippen MR) is 11.3 cm³/mol. The molecular weight excluding hydrogens is 268 g/mol. The largest absolute Gasteiger partial charge is 0.0149 e. The van der Waals surface area contributed by atoms with Crippen molar-refractivity contribution >= 4 is 11.0 Å². The van der Waals surface area contributed by atoms with Gasteiger partial charge in [0.25, 0.3) is 0 Å². The summed E-state index contributed by atoms with van der Waals surface area (Å²) in [5, 5.41) is 0. The molecule has 0 aliphatic carbocycles. The molecule has 0 unspecified atom stereocenters. The third kappa shape index (κ3) is 8.87. The van der Waals surface area contributed by atoms with Crippen LogP contribution in [0.15, 0.2) is 0 Å². The van der Waals surface area contributed by atoms with Crippen molar-refractivity contribution in [2.45, 2.75) is 0 Å². The van der Waals surface area contributed by atoms with E-state index in [4.69, 9.17) is 0 Å². The van der Waals surface area contributed by atoms with Gasteiger partial charge in [-0.3, -0.25) is 0 Å². The molecule has 0 saturated carbocycles. The van der Waals surface area contributed by atoms with E-state index in [1.807, 2.05) is 0 Å². The molecule has 0 nitrogen and oxygen atoms in total. The Morgan fingerprint density at radius 3 is 1.00 bits per heavy atom. The standard InChI is InChI=1S/Mo.Nb.H4Si.V/h;;1H4;. The van der Waals surface area contributed by atoms with Crippen molar-refractivity contribution in [3.05, 3.63) is 0 Å². The summed E-state index contributed by atoms with van der Waals surface area (Å²) in [6.07, 6.45) is 0. The van der Waals surface area contributed by atoms with Gasteiger partial charge in [0, 0.05) is 62.0 Å². The van der Waals surface area contributed by atoms with Crippen molar-refractivity contribution in [2.75, 3.05) is 0 Å². The molecule has 0 atom stereocenters. The van der Waals surface area contributed by atoms with Crippen LogP contribution in [0.5, 0.6) is 0 Å². The van der Waals surface area contributed by atoms with Gasteiger partial charge in [-0.05, 0) is 11.0 Å². The normalized spacial score (nSPS) is 0. The number of hydrogen-bond donors (Lipinski definition) is 0. The Labute approximate surface area is 72.2 Å². The average molecular weight is 272 g/mol. The molecule has 4 heavy (non-hydrogen) atoms. The minimum Gasteiger partial charge on any atom is -0.0149 e. The van der Waals surface area contributed by atoms with Crippen molar-refractivity contribution < 1.29 is 62.0 Å². The van der Waals surface area contributed by atoms with E-state index < -0.39 is 0 Å². The number of rotatable bonds is 0. The quantitative estimate of drug-likeness (QED) is 0.473. The molecule has 0 heterocycles. The van der Waals surface area contributed by atoms with Crippen LogP contribution in [0.1, 0.15) is 0 Å². The Morgan fingerprint density at radius 2 is 1.00 bits per heavy atom. The van der Waals surface area contributed by atoms with Crippen LogP contribution in [0.4, 0.5) is 0 Å². The van der Waals surface area contributed by atoms with Crippen molar-refractivity contribution in [1.82, 2.24) is 0 Å². The first kappa shape index (κ1) is 34.3. The van der Waals surface area contributed by atoms with Gasteiger partial charge < -0.3 is 0 Å². The SMILES string of the molecule is [Mo].[Nb].[SiH4].[V]. The second-order valence-electron chi connectivity index (χ2n) is 0. The molecule has 0 amide bonds. The van der Waals surface area contributed by atoms with E-state index in [1.165, 1.54) is 0 Å². The molecule has 0 aromatic rings. The second kappa shape index (κ2) is 18.8. The van der Waals surface area contributed by atoms with Crippen molar-refractivity contribution in [2.24, 2.45) is 0 Å². The molecule has 24 valence electrons. The molecule has 0 spiro atoms. The summed E-state index contributed by atoms with van der Waals surface area (Å²) in [6, 6.07) is 0. The van der Waals surface area contributed by atoms with Crippen molar-refractivity contribution in [3.8, 4) is 0 Å². The first-order chi connectivity index (χ1) is 0. The topological polar surface area (TPSA) is 0 Å². The molecule has 0 aliphatic rings. The van der Waals surface area contributed by atoms with E-state index in [9.17, 15) is 0 Å². The van der Waals surface area contributed by atoms with Crippen LogP contribution < -0.4 is 0 Å². The summed E-state index contributed by atoms with van der Waals surface area (Å²) in [5.41, 5.74) is 0. The molecular formula is H4MoNbSiV. The zero-order valence-electron chi connectivity index (χ0n) is 1.30. The Hall–Kier alpha value is 2.23. The maximum absolute atomic E-state index is 0. The zero-order valence-corrected chi connectivity index (χ0v) is 6.90. The van der Waals surface area contributed by atoms with Crippen LogP contribution in [-0.4, -0.2) is 11.0 Å². The smallest absolute Gasteiger partial charge is 0 e. The zero-order chi connectivity index (χ0) is 0. The monoisotopic (exact) mass is 274 g/mol. The predicted octanol–water partition coefficient (Wildman–Crippen LogP) is -1.46. The average Bonchev–Trinajstić information content (AvgIpc) is 0. The fourth-order valence-electron chi connectivity index (χ4n) is 0. The molecule has 0 aromatic heterocycles. The van der Waals surface area contributed by atoms with E-state index in [1.54, 1.807) is 0 Å². The van der Waals surface area contributed by atoms with Gasteiger partial charge in [-0.1, -0.05) is 0 Å². The molecule has 0 aromatic carbocycles. The molecule has 0 saturated heterocycles. The van der Waals surface area contributed by atoms with Gasteiger partial charge in [0.05, 0.1) is 0 Å². The molecule has 4 heteroatoms. The summed E-state index contributed by atoms with van der Waals surface area (Å²) >= 11 is 0. The van der Waals surface area contributed by atoms with Crippen LogP contribution in [0, 0.1) is 0 Å². The van der Waals surface area contributed by atoms with E-state index >= 15 is 0 Å². The maximum atomic E-state index is 0. The van der Waals surface area contributed by atoms with Gasteiger partial charge in [-0.2, -0.15) is 0 Å². The van der Waals surface area contributed by atoms with Crippen molar-refractivity contribution in [3.63, 3.8) is 0 Å². The Balaban J connectivity index is 0. The van der Waals surface area contributed by atoms with Crippen LogP contribution in [0.3, 0.4) is 0 Å². The third-order valence-electron chi connectivity index (χ3n) is 0. The van der Waals surface area contributed by atoms with Gasteiger partial charge in [-0.25, -0.2) is 0 Å². The van der Waals surface area contributed by atoms with Crippen LogP contribution in [-0.2, 0) is 62.0 Å². The van der Waals surface area contributed by atoms with Gasteiger partial charge >= 0.3 is 0 Å². The van der Waals surface area contributed by atoms with Gasteiger partial charge in [0.1, 0.15) is 0 Å². The number of hydrogen-bond acceptors (Lipinski definition) is 0. The summed E-state index contributed by atoms with van der Waals surface area (Å²) in [4.78, 5) is 0. The molecule has 0 N–H and O–H groups in total. The molecule has 0 rings (SSSR count). The van der Waals surface area contributed by atoms with E-state index in [-0.39, 0.29) is 73.0 Å². The molecule has 2 radical (unpaired) electrons. The Kier molecular flexibility index (Phi) is 161. The summed E-state index contributed by atoms with van der Waals surface area (Å²) in [7, 11) is 0. The van der Waals surface area contributed by atoms with Crippen molar-refractivity contribution in [1.29, 1.82) is 0 Å². The van der Waals surface area contributed by atoms with Crippen LogP contribution in [0.25, 0.3) is 0 Å². The first-order valence-electron chi connectivity index (χ1n) is 0. The fourth-order valence-corrected chi connectivity index (χ4v) is 0. The Morgan fingerprint density at radius 1 is 1.00 bits per heavy atom. The van der Waals surface area contributed by atoms with Gasteiger partial charge in [-0.15, -0.1) is 0 Å². The molecule has 0 bridgehead atoms. The van der Waals surface area contributed by atoms with E-state index in [0.29, 0.717) is 0 Å². The van der Waals surface area contributed by atoms with Crippen LogP contribution in [0.2, 0.25) is 0 Å². The third-order valence-corrected chi connectivity index (χ3v) is 0. The van der Waals surface area contributed by atoms with Crippen LogP contribution >= 0.6 is 0 Å². The summed E-state index contributed by atoms with van der Waals surface area (Å²) < 4.78 is 0. The maximum Gasteiger partial charge on any atom is 0 e. The minimum atomic E-state index is 0. The van der Waals surface area contributed by atoms with Gasteiger partial charge in [0.15, 0.2) is 0 Å². The van der Waals surface area contributed by atoms with E-state index in [0.717, 1.165) is 0 Å². The fraction of sp³-hybridized carbons (Fsp3) is 0. The minimum absolute atomic E-state index is 0. The molecule has 0 aliphatic heterocycles. The first-order valence-corrected chi connectivity index (χ1v) is 0. The second-order valence-corrected chi connectivity index (χ2v) is 0. The Bertz CT molecular complexity index is 8.00. The summed E-state index contributed by atoms with van der Waals surface area (Å²) in [6.45, 7) is 0. The molecule has 0 fully saturated rings.